The number of aliphatic hydroxyl groups is 1. The molecular weight excluding hydrogens is 420 g/mol. The van der Waals surface area contributed by atoms with Crippen molar-refractivity contribution in [1.82, 2.24) is 9.80 Å². The van der Waals surface area contributed by atoms with E-state index in [1.54, 1.807) is 11.8 Å². The van der Waals surface area contributed by atoms with Crippen LogP contribution in [0.25, 0.3) is 5.76 Å². The minimum atomic E-state index is -0.751. The molecule has 7 heteroatoms. The van der Waals surface area contributed by atoms with Gasteiger partial charge in [-0.25, -0.2) is 4.79 Å². The maximum atomic E-state index is 13.4. The van der Waals surface area contributed by atoms with Crippen LogP contribution in [0.3, 0.4) is 0 Å². The molecule has 176 valence electrons. The summed E-state index contributed by atoms with van der Waals surface area (Å²) in [7, 11) is 0. The normalized spacial score (nSPS) is 28.8. The number of β-amino-alcohol motifs (C(OH)–C–C–N with tert-alkyl or cyclic N) is 1. The number of hydrogen-bond donors (Lipinski definition) is 1. The second-order valence-corrected chi connectivity index (χ2v) is 9.64. The van der Waals surface area contributed by atoms with Gasteiger partial charge >= 0.3 is 5.97 Å². The van der Waals surface area contributed by atoms with E-state index in [-0.39, 0.29) is 18.5 Å². The van der Waals surface area contributed by atoms with Crippen LogP contribution >= 0.6 is 0 Å². The number of fused-ring (bicyclic) bond motifs is 1. The lowest BCUT2D eigenvalue weighted by Gasteiger charge is -2.42. The number of ether oxygens (including phenoxy) is 2. The largest absolute Gasteiger partial charge is 0.489 e. The Labute approximate surface area is 194 Å². The average molecular weight is 453 g/mol. The van der Waals surface area contributed by atoms with Crippen LogP contribution in [0, 0.1) is 12.3 Å². The topological polar surface area (TPSA) is 79.3 Å². The predicted octanol–water partition coefficient (Wildman–Crippen LogP) is 2.54. The smallest absolute Gasteiger partial charge is 0.336 e. The van der Waals surface area contributed by atoms with Crippen LogP contribution in [0.5, 0.6) is 0 Å². The number of hydrogen-bond acceptors (Lipinski definition) is 6. The summed E-state index contributed by atoms with van der Waals surface area (Å²) >= 11 is 0. The van der Waals surface area contributed by atoms with Crippen molar-refractivity contribution in [3.63, 3.8) is 0 Å². The van der Waals surface area contributed by atoms with Crippen LogP contribution in [0.15, 0.2) is 29.5 Å². The van der Waals surface area contributed by atoms with Crippen LogP contribution in [-0.2, 0) is 32.1 Å². The Kier molecular flexibility index (Phi) is 5.57. The van der Waals surface area contributed by atoms with E-state index in [2.05, 4.69) is 24.0 Å². The van der Waals surface area contributed by atoms with Crippen LogP contribution in [-0.4, -0.2) is 65.7 Å². The summed E-state index contributed by atoms with van der Waals surface area (Å²) in [6.45, 7) is 9.28. The van der Waals surface area contributed by atoms with Crippen molar-refractivity contribution in [2.45, 2.75) is 52.7 Å². The van der Waals surface area contributed by atoms with E-state index >= 15 is 0 Å². The minimum Gasteiger partial charge on any atom is -0.489 e. The van der Waals surface area contributed by atoms with E-state index in [1.165, 1.54) is 22.3 Å². The van der Waals surface area contributed by atoms with Gasteiger partial charge in [-0.15, -0.1) is 0 Å². The molecule has 0 saturated carbocycles. The number of likely N-dealkylation sites (tertiary alicyclic amines) is 2. The lowest BCUT2D eigenvalue weighted by atomic mass is 9.74. The summed E-state index contributed by atoms with van der Waals surface area (Å²) in [4.78, 5) is 29.0. The lowest BCUT2D eigenvalue weighted by Crippen LogP contribution is -2.54. The highest BCUT2D eigenvalue weighted by Gasteiger charge is 2.55. The number of aliphatic hydroxyl groups excluding tert-OH is 1. The Morgan fingerprint density at radius 1 is 1.15 bits per heavy atom. The molecule has 5 rings (SSSR count). The molecule has 1 amide bonds. The van der Waals surface area contributed by atoms with Gasteiger partial charge in [-0.05, 0) is 63.8 Å². The Balaban J connectivity index is 1.23. The van der Waals surface area contributed by atoms with E-state index in [9.17, 15) is 14.7 Å². The van der Waals surface area contributed by atoms with Crippen LogP contribution in [0.2, 0.25) is 0 Å². The van der Waals surface area contributed by atoms with Gasteiger partial charge in [-0.2, -0.15) is 0 Å². The summed E-state index contributed by atoms with van der Waals surface area (Å²) < 4.78 is 10.9. The van der Waals surface area contributed by atoms with E-state index in [0.29, 0.717) is 43.8 Å². The molecule has 4 aliphatic rings. The fourth-order valence-corrected chi connectivity index (χ4v) is 5.81. The van der Waals surface area contributed by atoms with E-state index in [4.69, 9.17) is 9.47 Å². The molecule has 0 aliphatic carbocycles. The SMILES string of the molecule is C/C=C1/OCc2c1ccc(CCN1CCC3(CCN(C4=C(C)C(=O)OC4)C3=O)C(O)C1)c2C. The highest BCUT2D eigenvalue weighted by atomic mass is 16.5. The van der Waals surface area contributed by atoms with Gasteiger partial charge in [-0.3, -0.25) is 4.79 Å². The van der Waals surface area contributed by atoms with Crippen molar-refractivity contribution < 1.29 is 24.2 Å². The second kappa shape index (κ2) is 8.29. The number of carbonyl (C=O) groups excluding carboxylic acids is 2. The standard InChI is InChI=1S/C26H32N2O5/c1-4-22-19-6-5-18(16(2)20(19)14-32-22)7-10-27-11-8-26(23(29)13-27)9-12-28(25(26)31)21-15-33-24(30)17(21)3/h4-6,23,29H,7-15H2,1-3H3/b22-4+. The van der Waals surface area contributed by atoms with Crippen molar-refractivity contribution >= 4 is 17.6 Å². The maximum absolute atomic E-state index is 13.4. The highest BCUT2D eigenvalue weighted by molar-refractivity contribution is 5.94. The first-order valence-corrected chi connectivity index (χ1v) is 11.9. The van der Waals surface area contributed by atoms with Gasteiger partial charge in [0.2, 0.25) is 5.91 Å². The van der Waals surface area contributed by atoms with Gasteiger partial charge in [-0.1, -0.05) is 12.1 Å². The molecule has 1 N–H and O–H groups in total. The predicted molar refractivity (Wildman–Crippen MR) is 123 cm³/mol. The van der Waals surface area contributed by atoms with E-state index in [0.717, 1.165) is 25.3 Å². The minimum absolute atomic E-state index is 0.0588. The molecule has 2 atom stereocenters. The Morgan fingerprint density at radius 2 is 1.94 bits per heavy atom. The Hall–Kier alpha value is -2.64. The number of cyclic esters (lactones) is 1. The van der Waals surface area contributed by atoms with Crippen molar-refractivity contribution in [2.24, 2.45) is 5.41 Å². The lowest BCUT2D eigenvalue weighted by molar-refractivity contribution is -0.146. The molecule has 2 unspecified atom stereocenters. The summed E-state index contributed by atoms with van der Waals surface area (Å²) in [5, 5.41) is 11.1. The monoisotopic (exact) mass is 452 g/mol. The summed E-state index contributed by atoms with van der Waals surface area (Å²) in [6, 6.07) is 4.34. The van der Waals surface area contributed by atoms with Crippen molar-refractivity contribution in [1.29, 1.82) is 0 Å². The summed E-state index contributed by atoms with van der Waals surface area (Å²) in [6.07, 6.45) is 3.44. The number of amides is 1. The Bertz CT molecular complexity index is 1070. The van der Waals surface area contributed by atoms with Gasteiger partial charge in [0.1, 0.15) is 19.0 Å². The number of nitrogens with zero attached hydrogens (tertiary/aromatic N) is 2. The third kappa shape index (κ3) is 3.49. The molecule has 4 heterocycles. The van der Waals surface area contributed by atoms with Gasteiger partial charge in [0.05, 0.1) is 22.8 Å². The van der Waals surface area contributed by atoms with Crippen molar-refractivity contribution in [3.05, 3.63) is 51.7 Å². The average Bonchev–Trinajstić information content (AvgIpc) is 3.47. The molecule has 0 bridgehead atoms. The number of rotatable bonds is 4. The number of carbonyl (C=O) groups is 2. The van der Waals surface area contributed by atoms with Gasteiger partial charge in [0, 0.05) is 30.8 Å². The molecule has 7 nitrogen and oxygen atoms in total. The van der Waals surface area contributed by atoms with Crippen LogP contribution in [0.1, 0.15) is 48.9 Å². The number of benzene rings is 1. The molecule has 0 aromatic heterocycles. The number of allylic oxidation sites excluding steroid dienone is 1. The molecular formula is C26H32N2O5. The maximum Gasteiger partial charge on any atom is 0.336 e. The number of piperidine rings is 1. The van der Waals surface area contributed by atoms with E-state index in [1.807, 2.05) is 13.0 Å². The van der Waals surface area contributed by atoms with Crippen molar-refractivity contribution in [2.75, 3.05) is 32.8 Å². The third-order valence-corrected chi connectivity index (χ3v) is 8.11. The van der Waals surface area contributed by atoms with Gasteiger partial charge in [0.15, 0.2) is 0 Å². The third-order valence-electron chi connectivity index (χ3n) is 8.11. The quantitative estimate of drug-likeness (QED) is 0.708. The van der Waals surface area contributed by atoms with Gasteiger partial charge in [0.25, 0.3) is 0 Å². The zero-order valence-electron chi connectivity index (χ0n) is 19.6. The molecule has 33 heavy (non-hydrogen) atoms. The molecule has 0 radical (unpaired) electrons. The van der Waals surface area contributed by atoms with E-state index < -0.39 is 11.5 Å². The number of esters is 1. The second-order valence-electron chi connectivity index (χ2n) is 9.64. The summed E-state index contributed by atoms with van der Waals surface area (Å²) in [5.41, 5.74) is 5.47. The van der Waals surface area contributed by atoms with Gasteiger partial charge < -0.3 is 24.4 Å². The molecule has 1 spiro atoms. The highest BCUT2D eigenvalue weighted by Crippen LogP contribution is 2.44. The fourth-order valence-electron chi connectivity index (χ4n) is 5.81. The Morgan fingerprint density at radius 3 is 2.64 bits per heavy atom. The zero-order valence-corrected chi connectivity index (χ0v) is 19.6. The fraction of sp³-hybridized carbons (Fsp3) is 0.538. The summed E-state index contributed by atoms with van der Waals surface area (Å²) in [5.74, 6) is 0.542. The molecule has 2 saturated heterocycles. The van der Waals surface area contributed by atoms with Crippen LogP contribution in [0.4, 0.5) is 0 Å². The van der Waals surface area contributed by atoms with Crippen molar-refractivity contribution in [3.8, 4) is 0 Å². The molecule has 1 aromatic rings. The van der Waals surface area contributed by atoms with Crippen LogP contribution < -0.4 is 0 Å². The first-order chi connectivity index (χ1) is 15.9. The molecule has 2 fully saturated rings. The first-order valence-electron chi connectivity index (χ1n) is 11.9. The first kappa shape index (κ1) is 22.2. The molecule has 1 aromatic carbocycles. The zero-order chi connectivity index (χ0) is 23.3. The molecule has 4 aliphatic heterocycles.